The van der Waals surface area contributed by atoms with Crippen LogP contribution in [0.5, 0.6) is 0 Å². The molecule has 2 N–H and O–H groups in total. The smallest absolute Gasteiger partial charge is 0.327 e. The minimum atomic E-state index is -0.971. The lowest BCUT2D eigenvalue weighted by Crippen LogP contribution is -2.47. The molecule has 2 atom stereocenters. The van der Waals surface area contributed by atoms with E-state index >= 15 is 0 Å². The van der Waals surface area contributed by atoms with Gasteiger partial charge in [0.2, 0.25) is 0 Å². The zero-order valence-electron chi connectivity index (χ0n) is 16.2. The Morgan fingerprint density at radius 2 is 1.43 bits per heavy atom. The summed E-state index contributed by atoms with van der Waals surface area (Å²) in [4.78, 5) is 24.6. The molecular formula is C25H21NO4. The van der Waals surface area contributed by atoms with Crippen molar-refractivity contribution >= 4 is 11.9 Å². The second-order valence-corrected chi connectivity index (χ2v) is 7.75. The molecule has 1 heterocycles. The summed E-state index contributed by atoms with van der Waals surface area (Å²) in [5.74, 6) is -1.45. The average molecular weight is 399 g/mol. The molecule has 0 unspecified atom stereocenters. The molecule has 150 valence electrons. The van der Waals surface area contributed by atoms with Crippen molar-refractivity contribution in [1.82, 2.24) is 5.32 Å². The predicted octanol–water partition coefficient (Wildman–Crippen LogP) is 3.68. The summed E-state index contributed by atoms with van der Waals surface area (Å²) in [6, 6.07) is 22.2. The number of carboxylic acids is 1. The first-order valence-corrected chi connectivity index (χ1v) is 10.0. The fourth-order valence-corrected chi connectivity index (χ4v) is 4.61. The summed E-state index contributed by atoms with van der Waals surface area (Å²) in [7, 11) is 0. The average Bonchev–Trinajstić information content (AvgIpc) is 3.10. The molecule has 0 fully saturated rings. The maximum atomic E-state index is 13.0. The van der Waals surface area contributed by atoms with Gasteiger partial charge in [0, 0.05) is 5.92 Å². The van der Waals surface area contributed by atoms with Crippen LogP contribution in [-0.4, -0.2) is 29.7 Å². The molecule has 0 aromatic heterocycles. The van der Waals surface area contributed by atoms with Gasteiger partial charge in [0.05, 0.1) is 0 Å². The molecule has 5 rings (SSSR count). The molecule has 2 aliphatic rings. The topological polar surface area (TPSA) is 75.6 Å². The number of rotatable bonds is 4. The predicted molar refractivity (Wildman–Crippen MR) is 112 cm³/mol. The van der Waals surface area contributed by atoms with Crippen LogP contribution in [0.25, 0.3) is 11.1 Å². The lowest BCUT2D eigenvalue weighted by atomic mass is 9.90. The number of carbonyl (C=O) groups is 2. The summed E-state index contributed by atoms with van der Waals surface area (Å²) < 4.78 is 5.77. The first kappa shape index (κ1) is 18.6. The second-order valence-electron chi connectivity index (χ2n) is 7.75. The molecule has 0 amide bonds. The Balaban J connectivity index is 1.40. The molecule has 0 saturated heterocycles. The summed E-state index contributed by atoms with van der Waals surface area (Å²) in [6.07, 6.45) is 0.346. The highest BCUT2D eigenvalue weighted by molar-refractivity contribution is 5.83. The third-order valence-electron chi connectivity index (χ3n) is 6.05. The summed E-state index contributed by atoms with van der Waals surface area (Å²) in [5.41, 5.74) is 6.27. The van der Waals surface area contributed by atoms with Crippen LogP contribution in [0.2, 0.25) is 0 Å². The van der Waals surface area contributed by atoms with Gasteiger partial charge >= 0.3 is 11.9 Å². The highest BCUT2D eigenvalue weighted by Crippen LogP contribution is 2.44. The zero-order valence-corrected chi connectivity index (χ0v) is 16.2. The Kier molecular flexibility index (Phi) is 4.60. The van der Waals surface area contributed by atoms with Crippen molar-refractivity contribution in [3.8, 4) is 11.1 Å². The molecule has 3 aromatic carbocycles. The van der Waals surface area contributed by atoms with Crippen molar-refractivity contribution < 1.29 is 19.4 Å². The van der Waals surface area contributed by atoms with Crippen LogP contribution < -0.4 is 5.32 Å². The van der Waals surface area contributed by atoms with Crippen LogP contribution >= 0.6 is 0 Å². The van der Waals surface area contributed by atoms with Crippen LogP contribution in [0.15, 0.2) is 72.8 Å². The van der Waals surface area contributed by atoms with Gasteiger partial charge in [-0.15, -0.1) is 0 Å². The third kappa shape index (κ3) is 3.08. The van der Waals surface area contributed by atoms with Gasteiger partial charge < -0.3 is 9.84 Å². The molecule has 0 spiro atoms. The Morgan fingerprint density at radius 3 is 2.07 bits per heavy atom. The van der Waals surface area contributed by atoms with E-state index in [9.17, 15) is 14.7 Å². The van der Waals surface area contributed by atoms with E-state index < -0.39 is 24.0 Å². The van der Waals surface area contributed by atoms with E-state index in [1.807, 2.05) is 48.5 Å². The number of fused-ring (bicyclic) bond motifs is 4. The maximum absolute atomic E-state index is 13.0. The maximum Gasteiger partial charge on any atom is 0.327 e. The summed E-state index contributed by atoms with van der Waals surface area (Å²) >= 11 is 0. The highest BCUT2D eigenvalue weighted by atomic mass is 16.5. The van der Waals surface area contributed by atoms with E-state index in [-0.39, 0.29) is 12.5 Å². The summed E-state index contributed by atoms with van der Waals surface area (Å²) in [5, 5.41) is 12.4. The fraction of sp³-hybridized carbons (Fsp3) is 0.200. The molecule has 0 radical (unpaired) electrons. The van der Waals surface area contributed by atoms with Crippen LogP contribution in [0.4, 0.5) is 0 Å². The zero-order chi connectivity index (χ0) is 20.7. The molecular weight excluding hydrogens is 378 g/mol. The highest BCUT2D eigenvalue weighted by Gasteiger charge is 2.36. The minimum absolute atomic E-state index is 0.0320. The molecule has 0 bridgehead atoms. The van der Waals surface area contributed by atoms with Gasteiger partial charge in [0.25, 0.3) is 0 Å². The van der Waals surface area contributed by atoms with Gasteiger partial charge in [-0.05, 0) is 39.8 Å². The first-order valence-electron chi connectivity index (χ1n) is 10.0. The van der Waals surface area contributed by atoms with Crippen molar-refractivity contribution in [1.29, 1.82) is 0 Å². The number of ether oxygens (including phenoxy) is 1. The number of carboxylic acid groups (broad SMARTS) is 1. The number of benzene rings is 3. The molecule has 1 aliphatic carbocycles. The lowest BCUT2D eigenvalue weighted by molar-refractivity contribution is -0.148. The van der Waals surface area contributed by atoms with Crippen molar-refractivity contribution in [3.63, 3.8) is 0 Å². The van der Waals surface area contributed by atoms with Gasteiger partial charge in [-0.25, -0.2) is 4.79 Å². The Morgan fingerprint density at radius 1 is 0.867 bits per heavy atom. The number of hydrogen-bond acceptors (Lipinski definition) is 4. The van der Waals surface area contributed by atoms with Crippen LogP contribution in [0.3, 0.4) is 0 Å². The van der Waals surface area contributed by atoms with E-state index in [0.29, 0.717) is 6.42 Å². The van der Waals surface area contributed by atoms with E-state index in [2.05, 4.69) is 29.6 Å². The lowest BCUT2D eigenvalue weighted by Gasteiger charge is -2.30. The first-order chi connectivity index (χ1) is 14.6. The number of carbonyl (C=O) groups excluding carboxylic acids is 1. The Hall–Kier alpha value is -3.44. The van der Waals surface area contributed by atoms with Gasteiger partial charge in [0.1, 0.15) is 18.7 Å². The normalized spacial score (nSPS) is 19.5. The number of hydrogen-bond donors (Lipinski definition) is 2. The molecule has 5 heteroatoms. The van der Waals surface area contributed by atoms with Gasteiger partial charge in [-0.1, -0.05) is 72.8 Å². The van der Waals surface area contributed by atoms with E-state index in [1.54, 1.807) is 0 Å². The number of esters is 1. The largest absolute Gasteiger partial charge is 0.480 e. The number of aliphatic carboxylic acids is 1. The second kappa shape index (κ2) is 7.43. The summed E-state index contributed by atoms with van der Waals surface area (Å²) in [6.45, 7) is 0.213. The monoisotopic (exact) mass is 399 g/mol. The van der Waals surface area contributed by atoms with Crippen molar-refractivity contribution in [2.24, 2.45) is 0 Å². The SMILES string of the molecule is O=C(O)[C@@H]1Cc2ccccc2[C@H](C(=O)OCC2c3ccccc3-c3ccccc32)N1. The van der Waals surface area contributed by atoms with E-state index in [0.717, 1.165) is 22.3 Å². The standard InChI is InChI=1S/C25H21NO4/c27-24(28)22-13-15-7-1-2-8-16(15)23(26-22)25(29)30-14-21-19-11-5-3-9-17(19)18-10-4-6-12-20(18)21/h1-12,21-23,26H,13-14H2,(H,27,28)/t22-,23+/m0/s1. The van der Waals surface area contributed by atoms with E-state index in [4.69, 9.17) is 4.74 Å². The Labute approximate surface area is 174 Å². The van der Waals surface area contributed by atoms with Gasteiger partial charge in [-0.3, -0.25) is 10.1 Å². The van der Waals surface area contributed by atoms with Crippen LogP contribution in [0, 0.1) is 0 Å². The van der Waals surface area contributed by atoms with Crippen LogP contribution in [-0.2, 0) is 20.7 Å². The molecule has 3 aromatic rings. The molecule has 0 saturated carbocycles. The third-order valence-corrected chi connectivity index (χ3v) is 6.05. The van der Waals surface area contributed by atoms with Gasteiger partial charge in [-0.2, -0.15) is 0 Å². The van der Waals surface area contributed by atoms with Crippen molar-refractivity contribution in [2.75, 3.05) is 6.61 Å². The Bertz CT molecular complexity index is 1090. The quantitative estimate of drug-likeness (QED) is 0.655. The molecule has 1 aliphatic heterocycles. The van der Waals surface area contributed by atoms with Crippen molar-refractivity contribution in [3.05, 3.63) is 95.1 Å². The van der Waals surface area contributed by atoms with E-state index in [1.165, 1.54) is 11.1 Å². The molecule has 30 heavy (non-hydrogen) atoms. The van der Waals surface area contributed by atoms with Gasteiger partial charge in [0.15, 0.2) is 0 Å². The van der Waals surface area contributed by atoms with Crippen LogP contribution in [0.1, 0.15) is 34.2 Å². The molecule has 5 nitrogen and oxygen atoms in total. The van der Waals surface area contributed by atoms with Crippen molar-refractivity contribution in [2.45, 2.75) is 24.4 Å². The number of nitrogens with one attached hydrogen (secondary N) is 1. The fourth-order valence-electron chi connectivity index (χ4n) is 4.61. The minimum Gasteiger partial charge on any atom is -0.480 e.